The number of carbonyl (C=O) groups is 1. The van der Waals surface area contributed by atoms with Crippen LogP contribution in [0.3, 0.4) is 0 Å². The smallest absolute Gasteiger partial charge is 0.388 e. The van der Waals surface area contributed by atoms with Gasteiger partial charge in [0.2, 0.25) is 0 Å². The molecule has 0 aliphatic carbocycles. The minimum atomic E-state index is -2.04. The third-order valence-corrected chi connectivity index (χ3v) is 2.45. The molecular weight excluding hydrogens is 206 g/mol. The summed E-state index contributed by atoms with van der Waals surface area (Å²) in [5.41, 5.74) is -1.43. The highest BCUT2D eigenvalue weighted by Gasteiger charge is 2.28. The molecule has 0 radical (unpaired) electrons. The van der Waals surface area contributed by atoms with Gasteiger partial charge in [-0.1, -0.05) is 18.2 Å². The van der Waals surface area contributed by atoms with Crippen molar-refractivity contribution in [3.63, 3.8) is 0 Å². The first kappa shape index (κ1) is 10.8. The van der Waals surface area contributed by atoms with Crippen LogP contribution < -0.4 is 4.72 Å². The Morgan fingerprint density at radius 1 is 1.43 bits per heavy atom. The Hall–Kier alpha value is -1.24. The predicted octanol–water partition coefficient (Wildman–Crippen LogP) is 0.165. The molecule has 0 fully saturated rings. The molecule has 0 heterocycles. The van der Waals surface area contributed by atoms with Crippen LogP contribution in [0.15, 0.2) is 30.3 Å². The van der Waals surface area contributed by atoms with Crippen LogP contribution in [-0.4, -0.2) is 26.2 Å². The van der Waals surface area contributed by atoms with Gasteiger partial charge < -0.3 is 14.8 Å². The highest BCUT2D eigenvalue weighted by molar-refractivity contribution is 7.93. The molecule has 0 aliphatic rings. The van der Waals surface area contributed by atoms with E-state index < -0.39 is 22.8 Å². The van der Waals surface area contributed by atoms with Crippen LogP contribution in [0, 0.1) is 0 Å². The van der Waals surface area contributed by atoms with E-state index in [1.807, 2.05) is 0 Å². The molecule has 2 unspecified atom stereocenters. The first-order chi connectivity index (χ1) is 6.61. The van der Waals surface area contributed by atoms with E-state index in [0.29, 0.717) is 5.69 Å². The third kappa shape index (κ3) is 2.91. The summed E-state index contributed by atoms with van der Waals surface area (Å²) in [6.07, 6.45) is 0. The first-order valence-corrected chi connectivity index (χ1v) is 4.95. The van der Waals surface area contributed by atoms with Crippen LogP contribution in [0.4, 0.5) is 5.69 Å². The number of anilines is 1. The molecule has 76 valence electrons. The minimum Gasteiger partial charge on any atom is -0.590 e. The van der Waals surface area contributed by atoms with Crippen molar-refractivity contribution in [2.45, 2.75) is 5.44 Å². The summed E-state index contributed by atoms with van der Waals surface area (Å²) >= 11 is -2.04. The summed E-state index contributed by atoms with van der Waals surface area (Å²) in [7, 11) is 0. The van der Waals surface area contributed by atoms with Crippen molar-refractivity contribution >= 4 is 23.0 Å². The van der Waals surface area contributed by atoms with Gasteiger partial charge >= 0.3 is 11.4 Å². The van der Waals surface area contributed by atoms with E-state index in [0.717, 1.165) is 0 Å². The van der Waals surface area contributed by atoms with Gasteiger partial charge in [-0.2, -0.15) is 0 Å². The fourth-order valence-corrected chi connectivity index (χ4v) is 1.43. The van der Waals surface area contributed by atoms with Gasteiger partial charge in [-0.25, -0.2) is 9.52 Å². The molecule has 0 aromatic heterocycles. The average Bonchev–Trinajstić information content (AvgIpc) is 2.18. The highest BCUT2D eigenvalue weighted by atomic mass is 32.2. The Labute approximate surface area is 83.7 Å². The second kappa shape index (κ2) is 4.85. The van der Waals surface area contributed by atoms with Crippen molar-refractivity contribution < 1.29 is 19.6 Å². The van der Waals surface area contributed by atoms with Crippen molar-refractivity contribution in [2.75, 3.05) is 4.72 Å². The third-order valence-electron chi connectivity index (χ3n) is 1.41. The SMILES string of the molecule is O=C(O)C(O)[S+]([O-])Nc1ccccc1. The standard InChI is InChI=1S/C8H9NO4S/c10-7(11)8(12)14(13)9-6-4-2-1-3-5-6/h1-5,8-9,12H,(H,10,11). The van der Waals surface area contributed by atoms with Crippen LogP contribution in [0.25, 0.3) is 0 Å². The zero-order chi connectivity index (χ0) is 10.6. The topological polar surface area (TPSA) is 92.6 Å². The molecule has 14 heavy (non-hydrogen) atoms. The quantitative estimate of drug-likeness (QED) is 0.622. The van der Waals surface area contributed by atoms with Crippen molar-refractivity contribution in [2.24, 2.45) is 0 Å². The molecule has 0 saturated carbocycles. The molecule has 5 nitrogen and oxygen atoms in total. The van der Waals surface area contributed by atoms with Gasteiger partial charge in [-0.3, -0.25) is 0 Å². The van der Waals surface area contributed by atoms with Crippen LogP contribution in [0.2, 0.25) is 0 Å². The molecule has 0 bridgehead atoms. The Morgan fingerprint density at radius 2 is 2.00 bits per heavy atom. The van der Waals surface area contributed by atoms with E-state index in [1.54, 1.807) is 30.3 Å². The van der Waals surface area contributed by atoms with E-state index in [9.17, 15) is 9.35 Å². The maximum Gasteiger partial charge on any atom is 0.388 e. The van der Waals surface area contributed by atoms with Gasteiger partial charge in [0.1, 0.15) is 11.4 Å². The number of hydrogen-bond acceptors (Lipinski definition) is 4. The van der Waals surface area contributed by atoms with Crippen molar-refractivity contribution in [1.29, 1.82) is 0 Å². The number of aliphatic carboxylic acids is 1. The normalized spacial score (nSPS) is 14.4. The van der Waals surface area contributed by atoms with E-state index in [1.165, 1.54) is 0 Å². The van der Waals surface area contributed by atoms with Crippen LogP contribution in [0.5, 0.6) is 0 Å². The monoisotopic (exact) mass is 215 g/mol. The van der Waals surface area contributed by atoms with E-state index in [2.05, 4.69) is 4.72 Å². The number of rotatable bonds is 4. The molecule has 1 aromatic rings. The van der Waals surface area contributed by atoms with Crippen molar-refractivity contribution in [1.82, 2.24) is 0 Å². The Balaban J connectivity index is 2.57. The molecule has 3 N–H and O–H groups in total. The molecule has 1 aromatic carbocycles. The molecule has 6 heteroatoms. The van der Waals surface area contributed by atoms with Crippen LogP contribution in [-0.2, 0) is 16.2 Å². The second-order valence-corrected chi connectivity index (χ2v) is 3.70. The number of para-hydroxylation sites is 1. The summed E-state index contributed by atoms with van der Waals surface area (Å²) in [4.78, 5) is 10.2. The summed E-state index contributed by atoms with van der Waals surface area (Å²) < 4.78 is 13.5. The van der Waals surface area contributed by atoms with Gasteiger partial charge in [-0.05, 0) is 12.1 Å². The number of carboxylic acids is 1. The Kier molecular flexibility index (Phi) is 3.75. The first-order valence-electron chi connectivity index (χ1n) is 3.74. The Morgan fingerprint density at radius 3 is 2.50 bits per heavy atom. The number of hydrogen-bond donors (Lipinski definition) is 3. The number of aliphatic hydroxyl groups excluding tert-OH is 1. The number of nitrogens with one attached hydrogen (secondary N) is 1. The second-order valence-electron chi connectivity index (χ2n) is 2.46. The maximum atomic E-state index is 11.1. The largest absolute Gasteiger partial charge is 0.590 e. The minimum absolute atomic E-state index is 0.492. The van der Waals surface area contributed by atoms with E-state index in [-0.39, 0.29) is 0 Å². The lowest BCUT2D eigenvalue weighted by molar-refractivity contribution is -0.142. The summed E-state index contributed by atoms with van der Waals surface area (Å²) in [5, 5.41) is 17.2. The van der Waals surface area contributed by atoms with Gasteiger partial charge in [0.15, 0.2) is 0 Å². The molecule has 0 spiro atoms. The lowest BCUT2D eigenvalue weighted by Gasteiger charge is -2.13. The van der Waals surface area contributed by atoms with Crippen LogP contribution >= 0.6 is 0 Å². The fourth-order valence-electron chi connectivity index (χ4n) is 0.770. The molecule has 0 aliphatic heterocycles. The summed E-state index contributed by atoms with van der Waals surface area (Å²) in [6, 6.07) is 8.40. The van der Waals surface area contributed by atoms with Gasteiger partial charge in [-0.15, -0.1) is 0 Å². The number of carboxylic acid groups (broad SMARTS) is 1. The van der Waals surface area contributed by atoms with E-state index >= 15 is 0 Å². The summed E-state index contributed by atoms with van der Waals surface area (Å²) in [5.74, 6) is -1.52. The van der Waals surface area contributed by atoms with E-state index in [4.69, 9.17) is 10.2 Å². The van der Waals surface area contributed by atoms with Crippen molar-refractivity contribution in [3.05, 3.63) is 30.3 Å². The zero-order valence-corrected chi connectivity index (χ0v) is 7.90. The van der Waals surface area contributed by atoms with Gasteiger partial charge in [0, 0.05) is 0 Å². The van der Waals surface area contributed by atoms with Gasteiger partial charge in [0.05, 0.1) is 5.69 Å². The average molecular weight is 215 g/mol. The zero-order valence-electron chi connectivity index (χ0n) is 7.08. The highest BCUT2D eigenvalue weighted by Crippen LogP contribution is 2.10. The fraction of sp³-hybridized carbons (Fsp3) is 0.125. The Bertz CT molecular complexity index is 305. The number of benzene rings is 1. The lowest BCUT2D eigenvalue weighted by atomic mass is 10.3. The van der Waals surface area contributed by atoms with Crippen molar-refractivity contribution in [3.8, 4) is 0 Å². The lowest BCUT2D eigenvalue weighted by Crippen LogP contribution is -2.34. The molecule has 1 rings (SSSR count). The maximum absolute atomic E-state index is 11.1. The summed E-state index contributed by atoms with van der Waals surface area (Å²) in [6.45, 7) is 0. The molecule has 0 saturated heterocycles. The van der Waals surface area contributed by atoms with Gasteiger partial charge in [0.25, 0.3) is 0 Å². The molecule has 2 atom stereocenters. The predicted molar refractivity (Wildman–Crippen MR) is 51.8 cm³/mol. The number of aliphatic hydroxyl groups is 1. The van der Waals surface area contributed by atoms with Crippen LogP contribution in [0.1, 0.15) is 0 Å². The molecule has 0 amide bonds. The molecular formula is C8H9NO4S.